The Balaban J connectivity index is 1.39. The lowest BCUT2D eigenvalue weighted by atomic mass is 10.0. The Morgan fingerprint density at radius 1 is 0.970 bits per heavy atom. The number of carbonyl (C=O) groups excluding carboxylic acids is 1. The van der Waals surface area contributed by atoms with E-state index in [0.29, 0.717) is 16.9 Å². The van der Waals surface area contributed by atoms with E-state index in [1.165, 1.54) is 0 Å². The van der Waals surface area contributed by atoms with Crippen LogP contribution in [0, 0.1) is 12.8 Å². The number of amides is 1. The van der Waals surface area contributed by atoms with E-state index in [-0.39, 0.29) is 17.4 Å². The first kappa shape index (κ1) is 20.9. The number of nitrogens with zero attached hydrogens (tertiary/aromatic N) is 1. The molecule has 1 fully saturated rings. The first-order valence-corrected chi connectivity index (χ1v) is 11.2. The van der Waals surface area contributed by atoms with Crippen molar-refractivity contribution in [1.82, 2.24) is 9.97 Å². The minimum atomic E-state index is -0.989. The van der Waals surface area contributed by atoms with E-state index in [9.17, 15) is 14.7 Å². The zero-order chi connectivity index (χ0) is 22.9. The molecular weight excluding hydrogens is 414 g/mol. The second kappa shape index (κ2) is 8.54. The predicted octanol–water partition coefficient (Wildman–Crippen LogP) is 6.03. The Morgan fingerprint density at radius 2 is 1.70 bits per heavy atom. The Labute approximate surface area is 191 Å². The topological polar surface area (TPSA) is 95.1 Å². The molecule has 0 atom stereocenters. The average molecular weight is 440 g/mol. The fourth-order valence-electron chi connectivity index (χ4n) is 4.59. The summed E-state index contributed by atoms with van der Waals surface area (Å²) < 4.78 is 0. The molecule has 0 spiro atoms. The molecule has 3 N–H and O–H groups in total. The minimum absolute atomic E-state index is 0.112. The lowest BCUT2D eigenvalue weighted by molar-refractivity contribution is -0.119. The monoisotopic (exact) mass is 439 g/mol. The molecule has 1 aliphatic rings. The van der Waals surface area contributed by atoms with Crippen LogP contribution in [0.15, 0.2) is 60.7 Å². The van der Waals surface area contributed by atoms with Gasteiger partial charge in [0, 0.05) is 17.2 Å². The maximum Gasteiger partial charge on any atom is 0.337 e. The summed E-state index contributed by atoms with van der Waals surface area (Å²) in [4.78, 5) is 31.9. The van der Waals surface area contributed by atoms with Crippen molar-refractivity contribution in [3.05, 3.63) is 71.8 Å². The number of aryl methyl sites for hydroxylation is 1. The predicted molar refractivity (Wildman–Crippen MR) is 129 cm³/mol. The zero-order valence-electron chi connectivity index (χ0n) is 18.4. The van der Waals surface area contributed by atoms with E-state index < -0.39 is 5.97 Å². The van der Waals surface area contributed by atoms with Gasteiger partial charge >= 0.3 is 5.97 Å². The van der Waals surface area contributed by atoms with Crippen LogP contribution in [0.2, 0.25) is 0 Å². The quantitative estimate of drug-likeness (QED) is 0.354. The molecule has 0 aliphatic heterocycles. The van der Waals surface area contributed by atoms with Crippen LogP contribution in [0.3, 0.4) is 0 Å². The lowest BCUT2D eigenvalue weighted by Crippen LogP contribution is -2.20. The number of rotatable bonds is 5. The molecular formula is C27H25N3O3. The van der Waals surface area contributed by atoms with Gasteiger partial charge in [0.05, 0.1) is 11.1 Å². The lowest BCUT2D eigenvalue weighted by Gasteiger charge is -2.11. The maximum atomic E-state index is 12.5. The van der Waals surface area contributed by atoms with Gasteiger partial charge in [0.1, 0.15) is 11.3 Å². The molecule has 0 saturated heterocycles. The van der Waals surface area contributed by atoms with Crippen LogP contribution in [0.5, 0.6) is 0 Å². The van der Waals surface area contributed by atoms with Crippen LogP contribution < -0.4 is 5.32 Å². The van der Waals surface area contributed by atoms with Crippen LogP contribution in [-0.4, -0.2) is 27.0 Å². The third-order valence-electron chi connectivity index (χ3n) is 6.31. The van der Waals surface area contributed by atoms with Gasteiger partial charge in [-0.2, -0.15) is 0 Å². The molecule has 33 heavy (non-hydrogen) atoms. The molecule has 1 heterocycles. The first-order valence-electron chi connectivity index (χ1n) is 11.2. The van der Waals surface area contributed by atoms with E-state index in [0.717, 1.165) is 53.6 Å². The van der Waals surface area contributed by atoms with Crippen molar-refractivity contribution in [1.29, 1.82) is 0 Å². The van der Waals surface area contributed by atoms with Gasteiger partial charge < -0.3 is 15.4 Å². The van der Waals surface area contributed by atoms with Gasteiger partial charge in [-0.3, -0.25) is 4.79 Å². The Morgan fingerprint density at radius 3 is 2.42 bits per heavy atom. The molecule has 5 rings (SSSR count). The second-order valence-electron chi connectivity index (χ2n) is 8.73. The van der Waals surface area contributed by atoms with E-state index >= 15 is 0 Å². The fraction of sp³-hybridized carbons (Fsp3) is 0.222. The van der Waals surface area contributed by atoms with Crippen molar-refractivity contribution in [2.75, 3.05) is 5.32 Å². The molecule has 6 nitrogen and oxygen atoms in total. The van der Waals surface area contributed by atoms with Crippen molar-refractivity contribution in [2.45, 2.75) is 32.6 Å². The molecule has 166 valence electrons. The van der Waals surface area contributed by atoms with E-state index in [1.807, 2.05) is 61.5 Å². The standard InChI is InChI=1S/C27H25N3O3/c1-16-13-22(27(32)33)24-23(14-16)29-25(30-24)18-11-9-17(10-12-18)20-7-4-8-21(15-20)28-26(31)19-5-2-3-6-19/h4,7-15,19H,2-3,5-6H2,1H3,(H,28,31)(H,29,30)(H,32,33). The molecule has 1 aliphatic carbocycles. The molecule has 1 saturated carbocycles. The van der Waals surface area contributed by atoms with E-state index in [1.54, 1.807) is 6.07 Å². The smallest absolute Gasteiger partial charge is 0.337 e. The van der Waals surface area contributed by atoms with E-state index in [4.69, 9.17) is 0 Å². The number of aromatic amines is 1. The van der Waals surface area contributed by atoms with Crippen LogP contribution >= 0.6 is 0 Å². The highest BCUT2D eigenvalue weighted by Crippen LogP contribution is 2.29. The summed E-state index contributed by atoms with van der Waals surface area (Å²) in [6, 6.07) is 19.3. The van der Waals surface area contributed by atoms with Gasteiger partial charge in [-0.1, -0.05) is 49.2 Å². The van der Waals surface area contributed by atoms with Crippen LogP contribution in [0.4, 0.5) is 5.69 Å². The van der Waals surface area contributed by atoms with Crippen molar-refractivity contribution >= 4 is 28.6 Å². The highest BCUT2D eigenvalue weighted by Gasteiger charge is 2.22. The van der Waals surface area contributed by atoms with Crippen LogP contribution in [0.25, 0.3) is 33.5 Å². The number of carboxylic acids is 1. The fourth-order valence-corrected chi connectivity index (χ4v) is 4.59. The summed E-state index contributed by atoms with van der Waals surface area (Å²) in [5.41, 5.74) is 5.94. The summed E-state index contributed by atoms with van der Waals surface area (Å²) in [7, 11) is 0. The summed E-state index contributed by atoms with van der Waals surface area (Å²) in [6.45, 7) is 1.87. The minimum Gasteiger partial charge on any atom is -0.478 e. The average Bonchev–Trinajstić information content (AvgIpc) is 3.49. The van der Waals surface area contributed by atoms with Crippen LogP contribution in [-0.2, 0) is 4.79 Å². The van der Waals surface area contributed by atoms with Gasteiger partial charge in [0.2, 0.25) is 5.91 Å². The third kappa shape index (κ3) is 4.24. The molecule has 0 radical (unpaired) electrons. The number of benzene rings is 3. The van der Waals surface area contributed by atoms with Crippen molar-refractivity contribution < 1.29 is 14.7 Å². The van der Waals surface area contributed by atoms with Gasteiger partial charge in [-0.05, 0) is 60.7 Å². The maximum absolute atomic E-state index is 12.5. The normalized spacial score (nSPS) is 14.0. The van der Waals surface area contributed by atoms with Crippen molar-refractivity contribution in [2.24, 2.45) is 5.92 Å². The van der Waals surface area contributed by atoms with Gasteiger partial charge in [0.15, 0.2) is 0 Å². The van der Waals surface area contributed by atoms with Crippen LogP contribution in [0.1, 0.15) is 41.6 Å². The van der Waals surface area contributed by atoms with Crippen molar-refractivity contribution in [3.63, 3.8) is 0 Å². The number of nitrogens with one attached hydrogen (secondary N) is 2. The number of carboxylic acid groups (broad SMARTS) is 1. The molecule has 3 aromatic carbocycles. The number of imidazole rings is 1. The summed E-state index contributed by atoms with van der Waals surface area (Å²) in [6.07, 6.45) is 4.21. The highest BCUT2D eigenvalue weighted by atomic mass is 16.4. The van der Waals surface area contributed by atoms with E-state index in [2.05, 4.69) is 15.3 Å². The number of carbonyl (C=O) groups is 2. The highest BCUT2D eigenvalue weighted by molar-refractivity contribution is 6.02. The zero-order valence-corrected chi connectivity index (χ0v) is 18.4. The molecule has 0 bridgehead atoms. The Bertz CT molecular complexity index is 1350. The van der Waals surface area contributed by atoms with Crippen molar-refractivity contribution in [3.8, 4) is 22.5 Å². The number of aromatic nitrogens is 2. The largest absolute Gasteiger partial charge is 0.478 e. The number of anilines is 1. The van der Waals surface area contributed by atoms with Gasteiger partial charge in [-0.25, -0.2) is 9.78 Å². The van der Waals surface area contributed by atoms with Gasteiger partial charge in [-0.15, -0.1) is 0 Å². The second-order valence-corrected chi connectivity index (χ2v) is 8.73. The number of fused-ring (bicyclic) bond motifs is 1. The Hall–Kier alpha value is -3.93. The molecule has 0 unspecified atom stereocenters. The SMILES string of the molecule is Cc1cc(C(=O)O)c2nc(-c3ccc(-c4cccc(NC(=O)C5CCCC5)c4)cc3)[nH]c2c1. The summed E-state index contributed by atoms with van der Waals surface area (Å²) in [5.74, 6) is -0.123. The molecule has 4 aromatic rings. The molecule has 1 amide bonds. The number of hydrogen-bond donors (Lipinski definition) is 3. The summed E-state index contributed by atoms with van der Waals surface area (Å²) in [5, 5.41) is 12.6. The first-order chi connectivity index (χ1) is 16.0. The molecule has 6 heteroatoms. The van der Waals surface area contributed by atoms with Gasteiger partial charge in [0.25, 0.3) is 0 Å². The number of aromatic carboxylic acids is 1. The Kier molecular flexibility index (Phi) is 5.42. The third-order valence-corrected chi connectivity index (χ3v) is 6.31. The number of H-pyrrole nitrogens is 1. The molecule has 1 aromatic heterocycles. The number of hydrogen-bond acceptors (Lipinski definition) is 3. The summed E-state index contributed by atoms with van der Waals surface area (Å²) >= 11 is 0.